The Kier molecular flexibility index (Phi) is 5.92. The fourth-order valence-electron chi connectivity index (χ4n) is 2.17. The molecule has 1 aliphatic heterocycles. The standard InChI is InChI=1S/C13H26N2O2/c1-4-17-10-13(2,3)15-12(16)9-11-5-7-14-8-6-11/h11,14H,4-10H2,1-3H3,(H,15,16). The number of hydrogen-bond donors (Lipinski definition) is 2. The summed E-state index contributed by atoms with van der Waals surface area (Å²) in [6, 6.07) is 0. The Morgan fingerprint density at radius 2 is 2.06 bits per heavy atom. The third-order valence-corrected chi connectivity index (χ3v) is 3.08. The van der Waals surface area contributed by atoms with E-state index in [1.165, 1.54) is 0 Å². The summed E-state index contributed by atoms with van der Waals surface area (Å²) in [5.41, 5.74) is -0.264. The maximum absolute atomic E-state index is 11.9. The molecule has 1 fully saturated rings. The Morgan fingerprint density at radius 1 is 1.41 bits per heavy atom. The van der Waals surface area contributed by atoms with Crippen molar-refractivity contribution in [2.75, 3.05) is 26.3 Å². The van der Waals surface area contributed by atoms with E-state index in [-0.39, 0.29) is 11.4 Å². The second-order valence-corrected chi connectivity index (χ2v) is 5.47. The van der Waals surface area contributed by atoms with Crippen molar-refractivity contribution in [1.29, 1.82) is 0 Å². The first-order valence-corrected chi connectivity index (χ1v) is 6.63. The van der Waals surface area contributed by atoms with Gasteiger partial charge in [0.1, 0.15) is 0 Å². The zero-order valence-corrected chi connectivity index (χ0v) is 11.3. The maximum atomic E-state index is 11.9. The molecule has 1 amide bonds. The van der Waals surface area contributed by atoms with Crippen LogP contribution in [0.25, 0.3) is 0 Å². The van der Waals surface area contributed by atoms with Gasteiger partial charge in [-0.15, -0.1) is 0 Å². The third-order valence-electron chi connectivity index (χ3n) is 3.08. The number of carbonyl (C=O) groups excluding carboxylic acids is 1. The first kappa shape index (κ1) is 14.5. The summed E-state index contributed by atoms with van der Waals surface area (Å²) < 4.78 is 5.36. The van der Waals surface area contributed by atoms with Crippen molar-refractivity contribution in [2.24, 2.45) is 5.92 Å². The van der Waals surface area contributed by atoms with Crippen molar-refractivity contribution in [3.05, 3.63) is 0 Å². The van der Waals surface area contributed by atoms with Crippen molar-refractivity contribution in [3.8, 4) is 0 Å². The van der Waals surface area contributed by atoms with Gasteiger partial charge in [-0.3, -0.25) is 4.79 Å². The number of nitrogens with one attached hydrogen (secondary N) is 2. The SMILES string of the molecule is CCOCC(C)(C)NC(=O)CC1CCNCC1. The van der Waals surface area contributed by atoms with Crippen LogP contribution in [0.4, 0.5) is 0 Å². The van der Waals surface area contributed by atoms with Gasteiger partial charge in [0.2, 0.25) is 5.91 Å². The zero-order chi connectivity index (χ0) is 12.7. The number of amides is 1. The number of piperidine rings is 1. The number of carbonyl (C=O) groups is 1. The molecule has 1 rings (SSSR count). The van der Waals surface area contributed by atoms with Gasteiger partial charge in [-0.25, -0.2) is 0 Å². The summed E-state index contributed by atoms with van der Waals surface area (Å²) >= 11 is 0. The van der Waals surface area contributed by atoms with Crippen LogP contribution >= 0.6 is 0 Å². The molecule has 4 nitrogen and oxygen atoms in total. The lowest BCUT2D eigenvalue weighted by Crippen LogP contribution is -2.47. The molecule has 0 saturated carbocycles. The van der Waals surface area contributed by atoms with E-state index < -0.39 is 0 Å². The number of rotatable bonds is 6. The van der Waals surface area contributed by atoms with Crippen molar-refractivity contribution >= 4 is 5.91 Å². The summed E-state index contributed by atoms with van der Waals surface area (Å²) in [4.78, 5) is 11.9. The molecule has 4 heteroatoms. The number of ether oxygens (including phenoxy) is 1. The van der Waals surface area contributed by atoms with Gasteiger partial charge in [0.25, 0.3) is 0 Å². The third kappa shape index (κ3) is 6.03. The van der Waals surface area contributed by atoms with E-state index in [1.807, 2.05) is 20.8 Å². The molecule has 0 aliphatic carbocycles. The first-order chi connectivity index (χ1) is 8.03. The summed E-state index contributed by atoms with van der Waals surface area (Å²) in [7, 11) is 0. The Bertz CT molecular complexity index is 236. The lowest BCUT2D eigenvalue weighted by molar-refractivity contribution is -0.124. The van der Waals surface area contributed by atoms with Crippen LogP contribution in [0.2, 0.25) is 0 Å². The maximum Gasteiger partial charge on any atom is 0.220 e. The summed E-state index contributed by atoms with van der Waals surface area (Å²) in [5, 5.41) is 6.37. The molecule has 0 radical (unpaired) electrons. The van der Waals surface area contributed by atoms with Crippen molar-refractivity contribution in [1.82, 2.24) is 10.6 Å². The van der Waals surface area contributed by atoms with Crippen LogP contribution in [0.5, 0.6) is 0 Å². The molecule has 2 N–H and O–H groups in total. The fourth-order valence-corrected chi connectivity index (χ4v) is 2.17. The highest BCUT2D eigenvalue weighted by molar-refractivity contribution is 5.77. The molecule has 0 aromatic carbocycles. The van der Waals surface area contributed by atoms with Gasteiger partial charge in [0, 0.05) is 13.0 Å². The number of hydrogen-bond acceptors (Lipinski definition) is 3. The average molecular weight is 242 g/mol. The second kappa shape index (κ2) is 6.97. The van der Waals surface area contributed by atoms with Crippen LogP contribution in [-0.4, -0.2) is 37.7 Å². The average Bonchev–Trinajstić information content (AvgIpc) is 2.27. The molecule has 17 heavy (non-hydrogen) atoms. The highest BCUT2D eigenvalue weighted by Crippen LogP contribution is 2.16. The van der Waals surface area contributed by atoms with Gasteiger partial charge in [-0.1, -0.05) is 0 Å². The van der Waals surface area contributed by atoms with E-state index in [1.54, 1.807) is 0 Å². The largest absolute Gasteiger partial charge is 0.379 e. The Hall–Kier alpha value is -0.610. The molecule has 0 bridgehead atoms. The highest BCUT2D eigenvalue weighted by atomic mass is 16.5. The molecule has 0 atom stereocenters. The smallest absolute Gasteiger partial charge is 0.220 e. The molecule has 0 aromatic rings. The van der Waals surface area contributed by atoms with Crippen LogP contribution in [0.3, 0.4) is 0 Å². The van der Waals surface area contributed by atoms with E-state index >= 15 is 0 Å². The van der Waals surface area contributed by atoms with Gasteiger partial charge >= 0.3 is 0 Å². The van der Waals surface area contributed by atoms with Crippen LogP contribution in [-0.2, 0) is 9.53 Å². The van der Waals surface area contributed by atoms with E-state index in [0.29, 0.717) is 25.6 Å². The first-order valence-electron chi connectivity index (χ1n) is 6.63. The summed E-state index contributed by atoms with van der Waals surface area (Å²) in [5.74, 6) is 0.695. The Labute approximate surface area is 104 Å². The minimum atomic E-state index is -0.264. The van der Waals surface area contributed by atoms with E-state index in [4.69, 9.17) is 4.74 Å². The molecule has 1 aliphatic rings. The minimum Gasteiger partial charge on any atom is -0.379 e. The molecule has 1 saturated heterocycles. The molecule has 1 heterocycles. The van der Waals surface area contributed by atoms with Crippen LogP contribution in [0, 0.1) is 5.92 Å². The summed E-state index contributed by atoms with van der Waals surface area (Å²) in [6.07, 6.45) is 2.87. The second-order valence-electron chi connectivity index (χ2n) is 5.47. The van der Waals surface area contributed by atoms with E-state index in [9.17, 15) is 4.79 Å². The normalized spacial score (nSPS) is 18.1. The quantitative estimate of drug-likeness (QED) is 0.738. The Morgan fingerprint density at radius 3 is 2.65 bits per heavy atom. The van der Waals surface area contributed by atoms with E-state index in [2.05, 4.69) is 10.6 Å². The molecule has 0 aromatic heterocycles. The predicted octanol–water partition coefficient (Wildman–Crippen LogP) is 1.31. The van der Waals surface area contributed by atoms with Gasteiger partial charge in [-0.2, -0.15) is 0 Å². The molecular formula is C13H26N2O2. The van der Waals surface area contributed by atoms with Gasteiger partial charge in [0.05, 0.1) is 12.1 Å². The molecule has 100 valence electrons. The van der Waals surface area contributed by atoms with Crippen molar-refractivity contribution in [2.45, 2.75) is 45.6 Å². The molecule has 0 spiro atoms. The lowest BCUT2D eigenvalue weighted by Gasteiger charge is -2.28. The van der Waals surface area contributed by atoms with Gasteiger partial charge in [0.15, 0.2) is 0 Å². The fraction of sp³-hybridized carbons (Fsp3) is 0.923. The van der Waals surface area contributed by atoms with Crippen molar-refractivity contribution in [3.63, 3.8) is 0 Å². The zero-order valence-electron chi connectivity index (χ0n) is 11.3. The topological polar surface area (TPSA) is 50.4 Å². The molecule has 0 unspecified atom stereocenters. The van der Waals surface area contributed by atoms with Crippen LogP contribution in [0.1, 0.15) is 40.0 Å². The van der Waals surface area contributed by atoms with Crippen LogP contribution in [0.15, 0.2) is 0 Å². The van der Waals surface area contributed by atoms with Gasteiger partial charge < -0.3 is 15.4 Å². The van der Waals surface area contributed by atoms with Crippen LogP contribution < -0.4 is 10.6 Å². The summed E-state index contributed by atoms with van der Waals surface area (Å²) in [6.45, 7) is 9.31. The highest BCUT2D eigenvalue weighted by Gasteiger charge is 2.23. The lowest BCUT2D eigenvalue weighted by atomic mass is 9.94. The van der Waals surface area contributed by atoms with Crippen molar-refractivity contribution < 1.29 is 9.53 Å². The molecular weight excluding hydrogens is 216 g/mol. The monoisotopic (exact) mass is 242 g/mol. The Balaban J connectivity index is 2.27. The van der Waals surface area contributed by atoms with Gasteiger partial charge in [-0.05, 0) is 52.6 Å². The predicted molar refractivity (Wildman–Crippen MR) is 68.9 cm³/mol. The minimum absolute atomic E-state index is 0.154. The van der Waals surface area contributed by atoms with E-state index in [0.717, 1.165) is 25.9 Å².